The molecule has 0 bridgehead atoms. The topological polar surface area (TPSA) is 90.2 Å². The van der Waals surface area contributed by atoms with Gasteiger partial charge >= 0.3 is 0 Å². The SMILES string of the molecule is COc1ccc(-n2cnnn2)cc1C(=O)N(C)C[C@@H](CC=O)c1ccc(F)cc1. The quantitative estimate of drug-likeness (QED) is 0.542. The summed E-state index contributed by atoms with van der Waals surface area (Å²) >= 11 is 0. The highest BCUT2D eigenvalue weighted by Crippen LogP contribution is 2.25. The molecule has 0 unspecified atom stereocenters. The molecule has 9 heteroatoms. The van der Waals surface area contributed by atoms with Crippen molar-refractivity contribution in [3.63, 3.8) is 0 Å². The molecule has 0 spiro atoms. The molecule has 0 aliphatic heterocycles. The molecule has 0 saturated heterocycles. The maximum absolute atomic E-state index is 13.2. The summed E-state index contributed by atoms with van der Waals surface area (Å²) in [5.41, 5.74) is 1.73. The number of carbonyl (C=O) groups excluding carboxylic acids is 2. The Labute approximate surface area is 166 Å². The van der Waals surface area contributed by atoms with Gasteiger partial charge in [0.2, 0.25) is 0 Å². The second-order valence-corrected chi connectivity index (χ2v) is 6.48. The van der Waals surface area contributed by atoms with Gasteiger partial charge in [0.1, 0.15) is 24.2 Å². The Bertz CT molecular complexity index is 976. The van der Waals surface area contributed by atoms with Gasteiger partial charge in [0, 0.05) is 25.9 Å². The number of amides is 1. The molecule has 0 saturated carbocycles. The van der Waals surface area contributed by atoms with Gasteiger partial charge in [0.05, 0.1) is 18.4 Å². The van der Waals surface area contributed by atoms with Gasteiger partial charge in [-0.1, -0.05) is 12.1 Å². The van der Waals surface area contributed by atoms with Crippen molar-refractivity contribution < 1.29 is 18.7 Å². The van der Waals surface area contributed by atoms with Crippen LogP contribution in [0, 0.1) is 5.82 Å². The summed E-state index contributed by atoms with van der Waals surface area (Å²) in [6, 6.07) is 11.0. The molecule has 3 aromatic rings. The molecule has 0 radical (unpaired) electrons. The first-order valence-electron chi connectivity index (χ1n) is 8.89. The summed E-state index contributed by atoms with van der Waals surface area (Å²) in [6.07, 6.45) is 2.44. The van der Waals surface area contributed by atoms with Crippen LogP contribution in [0.3, 0.4) is 0 Å². The van der Waals surface area contributed by atoms with Gasteiger partial charge in [-0.3, -0.25) is 4.79 Å². The van der Waals surface area contributed by atoms with Gasteiger partial charge in [-0.15, -0.1) is 5.10 Å². The van der Waals surface area contributed by atoms with Crippen molar-refractivity contribution in [3.8, 4) is 11.4 Å². The smallest absolute Gasteiger partial charge is 0.257 e. The Morgan fingerprint density at radius 3 is 2.66 bits per heavy atom. The van der Waals surface area contributed by atoms with Gasteiger partial charge in [0.15, 0.2) is 0 Å². The molecule has 0 aliphatic carbocycles. The van der Waals surface area contributed by atoms with Crippen molar-refractivity contribution in [1.29, 1.82) is 0 Å². The minimum Gasteiger partial charge on any atom is -0.496 e. The number of rotatable bonds is 8. The Morgan fingerprint density at radius 2 is 2.03 bits per heavy atom. The summed E-state index contributed by atoms with van der Waals surface area (Å²) in [4.78, 5) is 25.8. The van der Waals surface area contributed by atoms with Crippen molar-refractivity contribution in [2.75, 3.05) is 20.7 Å². The maximum atomic E-state index is 13.2. The lowest BCUT2D eigenvalue weighted by Crippen LogP contribution is -2.31. The maximum Gasteiger partial charge on any atom is 0.257 e. The van der Waals surface area contributed by atoms with Crippen molar-refractivity contribution >= 4 is 12.2 Å². The van der Waals surface area contributed by atoms with E-state index < -0.39 is 0 Å². The normalized spacial score (nSPS) is 11.7. The molecule has 0 N–H and O–H groups in total. The minimum absolute atomic E-state index is 0.213. The average Bonchev–Trinajstić information content (AvgIpc) is 3.28. The lowest BCUT2D eigenvalue weighted by molar-refractivity contribution is -0.108. The Hall–Kier alpha value is -3.62. The fourth-order valence-corrected chi connectivity index (χ4v) is 3.07. The molecule has 0 aliphatic rings. The first-order valence-corrected chi connectivity index (χ1v) is 8.89. The number of hydrogen-bond donors (Lipinski definition) is 0. The van der Waals surface area contributed by atoms with Crippen LogP contribution in [-0.4, -0.2) is 58.0 Å². The number of benzene rings is 2. The van der Waals surface area contributed by atoms with Crippen LogP contribution in [0.5, 0.6) is 5.75 Å². The molecule has 0 fully saturated rings. The van der Waals surface area contributed by atoms with E-state index in [2.05, 4.69) is 15.5 Å². The zero-order valence-electron chi connectivity index (χ0n) is 16.0. The molecule has 29 heavy (non-hydrogen) atoms. The highest BCUT2D eigenvalue weighted by Gasteiger charge is 2.22. The zero-order chi connectivity index (χ0) is 20.8. The van der Waals surface area contributed by atoms with E-state index >= 15 is 0 Å². The van der Waals surface area contributed by atoms with Crippen LogP contribution in [0.2, 0.25) is 0 Å². The molecule has 150 valence electrons. The molecular weight excluding hydrogens is 377 g/mol. The largest absolute Gasteiger partial charge is 0.496 e. The molecule has 8 nitrogen and oxygen atoms in total. The van der Waals surface area contributed by atoms with Crippen LogP contribution in [0.15, 0.2) is 48.8 Å². The number of hydrogen-bond acceptors (Lipinski definition) is 6. The van der Waals surface area contributed by atoms with E-state index in [-0.39, 0.29) is 30.6 Å². The Morgan fingerprint density at radius 1 is 1.28 bits per heavy atom. The Balaban J connectivity index is 1.85. The lowest BCUT2D eigenvalue weighted by Gasteiger charge is -2.24. The molecular formula is C20H20FN5O3. The van der Waals surface area contributed by atoms with Crippen LogP contribution in [0.1, 0.15) is 28.3 Å². The van der Waals surface area contributed by atoms with E-state index in [0.717, 1.165) is 11.8 Å². The number of ether oxygens (including phenoxy) is 1. The molecule has 1 heterocycles. The fourth-order valence-electron chi connectivity index (χ4n) is 3.07. The lowest BCUT2D eigenvalue weighted by atomic mass is 9.95. The molecule has 2 aromatic carbocycles. The molecule has 1 atom stereocenters. The van der Waals surface area contributed by atoms with Gasteiger partial charge < -0.3 is 14.4 Å². The number of aldehydes is 1. The number of carbonyl (C=O) groups is 2. The van der Waals surface area contributed by atoms with E-state index in [1.54, 1.807) is 37.4 Å². The summed E-state index contributed by atoms with van der Waals surface area (Å²) in [6.45, 7) is 0.279. The molecule has 1 amide bonds. The summed E-state index contributed by atoms with van der Waals surface area (Å²) in [5.74, 6) is -0.481. The van der Waals surface area contributed by atoms with Crippen LogP contribution >= 0.6 is 0 Å². The molecule has 1 aromatic heterocycles. The number of methoxy groups -OCH3 is 1. The van der Waals surface area contributed by atoms with Crippen LogP contribution in [0.25, 0.3) is 5.69 Å². The van der Waals surface area contributed by atoms with Gasteiger partial charge in [0.25, 0.3) is 5.91 Å². The van der Waals surface area contributed by atoms with Crippen LogP contribution in [-0.2, 0) is 4.79 Å². The predicted molar refractivity (Wildman–Crippen MR) is 102 cm³/mol. The van der Waals surface area contributed by atoms with E-state index in [0.29, 0.717) is 17.0 Å². The van der Waals surface area contributed by atoms with Crippen LogP contribution < -0.4 is 4.74 Å². The van der Waals surface area contributed by atoms with E-state index in [1.807, 2.05) is 0 Å². The first kappa shape index (κ1) is 20.1. The number of tetrazole rings is 1. The van der Waals surface area contributed by atoms with Gasteiger partial charge in [-0.2, -0.15) is 0 Å². The number of halogens is 1. The second kappa shape index (κ2) is 9.05. The monoisotopic (exact) mass is 397 g/mol. The third kappa shape index (κ3) is 4.63. The number of likely N-dealkylation sites (N-methyl/N-ethyl adjacent to an activating group) is 1. The van der Waals surface area contributed by atoms with Crippen molar-refractivity contribution in [3.05, 3.63) is 65.7 Å². The Kier molecular flexibility index (Phi) is 6.28. The van der Waals surface area contributed by atoms with Crippen molar-refractivity contribution in [2.24, 2.45) is 0 Å². The van der Waals surface area contributed by atoms with E-state index in [9.17, 15) is 14.0 Å². The third-order valence-electron chi connectivity index (χ3n) is 4.59. The van der Waals surface area contributed by atoms with Crippen LogP contribution in [0.4, 0.5) is 4.39 Å². The first-order chi connectivity index (χ1) is 14.0. The van der Waals surface area contributed by atoms with E-state index in [4.69, 9.17) is 4.74 Å². The van der Waals surface area contributed by atoms with Gasteiger partial charge in [-0.05, 0) is 46.3 Å². The standard InChI is InChI=1S/C20H20FN5O3/c1-25(12-15(9-10-27)14-3-5-16(21)6-4-14)20(28)18-11-17(7-8-19(18)29-2)26-13-22-23-24-26/h3-8,10-11,13,15H,9,12H2,1-2H3/t15-/m1/s1. The summed E-state index contributed by atoms with van der Waals surface area (Å²) in [7, 11) is 3.13. The molecule has 3 rings (SSSR count). The highest BCUT2D eigenvalue weighted by molar-refractivity contribution is 5.97. The minimum atomic E-state index is -0.354. The van der Waals surface area contributed by atoms with Crippen molar-refractivity contribution in [2.45, 2.75) is 12.3 Å². The van der Waals surface area contributed by atoms with Crippen molar-refractivity contribution in [1.82, 2.24) is 25.1 Å². The second-order valence-electron chi connectivity index (χ2n) is 6.48. The predicted octanol–water partition coefficient (Wildman–Crippen LogP) is 2.25. The zero-order valence-corrected chi connectivity index (χ0v) is 16.0. The number of nitrogens with zero attached hydrogens (tertiary/aromatic N) is 5. The highest BCUT2D eigenvalue weighted by atomic mass is 19.1. The van der Waals surface area contributed by atoms with E-state index in [1.165, 1.54) is 35.2 Å². The summed E-state index contributed by atoms with van der Waals surface area (Å²) in [5, 5.41) is 11.0. The average molecular weight is 397 g/mol. The number of aromatic nitrogens is 4. The summed E-state index contributed by atoms with van der Waals surface area (Å²) < 4.78 is 20.0. The fraction of sp³-hybridized carbons (Fsp3) is 0.250. The third-order valence-corrected chi connectivity index (χ3v) is 4.59. The van der Waals surface area contributed by atoms with Gasteiger partial charge in [-0.25, -0.2) is 9.07 Å².